The van der Waals surface area contributed by atoms with Crippen molar-refractivity contribution in [2.45, 2.75) is 53.1 Å². The van der Waals surface area contributed by atoms with Crippen molar-refractivity contribution in [2.24, 2.45) is 0 Å². The Labute approximate surface area is 201 Å². The van der Waals surface area contributed by atoms with E-state index >= 15 is 0 Å². The lowest BCUT2D eigenvalue weighted by atomic mass is 9.82. The average molecular weight is 447 g/mol. The van der Waals surface area contributed by atoms with Gasteiger partial charge in [-0.3, -0.25) is 0 Å². The molecule has 34 heavy (non-hydrogen) atoms. The minimum atomic E-state index is -0.130. The van der Waals surface area contributed by atoms with Gasteiger partial charge >= 0.3 is 0 Å². The first-order chi connectivity index (χ1) is 16.3. The third-order valence-electron chi connectivity index (χ3n) is 7.46. The molecule has 0 fully saturated rings. The van der Waals surface area contributed by atoms with Crippen LogP contribution in [0.5, 0.6) is 0 Å². The van der Waals surface area contributed by atoms with Crippen LogP contribution in [0.3, 0.4) is 0 Å². The van der Waals surface area contributed by atoms with E-state index in [0.29, 0.717) is 0 Å². The predicted molar refractivity (Wildman–Crippen MR) is 140 cm³/mol. The lowest BCUT2D eigenvalue weighted by Crippen LogP contribution is -2.46. The van der Waals surface area contributed by atoms with Crippen molar-refractivity contribution >= 4 is 23.0 Å². The summed E-state index contributed by atoms with van der Waals surface area (Å²) in [7, 11) is 0. The monoisotopic (exact) mass is 446 g/mol. The van der Waals surface area contributed by atoms with Gasteiger partial charge in [0, 0.05) is 29.2 Å². The van der Waals surface area contributed by atoms with Crippen molar-refractivity contribution in [1.82, 2.24) is 9.97 Å². The number of fused-ring (bicyclic) bond motifs is 5. The minimum Gasteiger partial charge on any atom is -0.301 e. The molecule has 6 rings (SSSR count). The quantitative estimate of drug-likeness (QED) is 0.324. The van der Waals surface area contributed by atoms with Gasteiger partial charge in [0.2, 0.25) is 0 Å². The molecule has 0 aliphatic carbocycles. The second-order valence-electron chi connectivity index (χ2n) is 10.4. The first-order valence-electron chi connectivity index (χ1n) is 12.0. The first kappa shape index (κ1) is 20.9. The third-order valence-corrected chi connectivity index (χ3v) is 7.46. The van der Waals surface area contributed by atoms with E-state index in [0.717, 1.165) is 11.6 Å². The van der Waals surface area contributed by atoms with E-state index < -0.39 is 0 Å². The zero-order valence-electron chi connectivity index (χ0n) is 20.7. The summed E-state index contributed by atoms with van der Waals surface area (Å²) in [5.74, 6) is 1.85. The van der Waals surface area contributed by atoms with Gasteiger partial charge in [0.15, 0.2) is 11.6 Å². The number of rotatable bonds is 2. The molecule has 0 spiro atoms. The fourth-order valence-corrected chi connectivity index (χ4v) is 6.10. The molecule has 0 saturated carbocycles. The number of anilines is 4. The zero-order chi connectivity index (χ0) is 23.8. The van der Waals surface area contributed by atoms with Crippen LogP contribution in [0.2, 0.25) is 0 Å². The SMILES string of the molecule is Cc1cc(C)cc(N2c3nccnc3N3c4cc(-c5c(C)cccc5C)ccc4C(C)(C)C23)c1. The van der Waals surface area contributed by atoms with Crippen LogP contribution in [0.15, 0.2) is 67.0 Å². The van der Waals surface area contributed by atoms with Crippen LogP contribution in [0, 0.1) is 27.7 Å². The van der Waals surface area contributed by atoms with Gasteiger partial charge in [-0.1, -0.05) is 50.2 Å². The van der Waals surface area contributed by atoms with E-state index in [1.54, 1.807) is 12.4 Å². The molecule has 0 amide bonds. The molecule has 4 heteroatoms. The van der Waals surface area contributed by atoms with E-state index in [-0.39, 0.29) is 11.6 Å². The number of hydrogen-bond donors (Lipinski definition) is 0. The molecule has 0 saturated heterocycles. The van der Waals surface area contributed by atoms with Crippen molar-refractivity contribution < 1.29 is 0 Å². The Morgan fingerprint density at radius 1 is 0.735 bits per heavy atom. The largest absolute Gasteiger partial charge is 0.301 e. The molecule has 1 atom stereocenters. The first-order valence-corrected chi connectivity index (χ1v) is 12.0. The second-order valence-corrected chi connectivity index (χ2v) is 10.4. The maximum Gasteiger partial charge on any atom is 0.178 e. The van der Waals surface area contributed by atoms with E-state index in [1.807, 2.05) is 0 Å². The number of nitrogens with zero attached hydrogens (tertiary/aromatic N) is 4. The summed E-state index contributed by atoms with van der Waals surface area (Å²) in [6.45, 7) is 13.4. The van der Waals surface area contributed by atoms with Crippen LogP contribution >= 0.6 is 0 Å². The Balaban J connectivity index is 1.59. The molecule has 170 valence electrons. The highest BCUT2D eigenvalue weighted by molar-refractivity contribution is 5.90. The summed E-state index contributed by atoms with van der Waals surface area (Å²) in [6, 6.07) is 20.2. The molecule has 2 aliphatic heterocycles. The molecule has 4 aromatic rings. The molecule has 2 aliphatic rings. The van der Waals surface area contributed by atoms with Gasteiger partial charge in [-0.25, -0.2) is 9.97 Å². The lowest BCUT2D eigenvalue weighted by molar-refractivity contribution is 0.449. The van der Waals surface area contributed by atoms with E-state index in [2.05, 4.69) is 106 Å². The Kier molecular flexibility index (Phi) is 4.41. The summed E-state index contributed by atoms with van der Waals surface area (Å²) < 4.78 is 0. The van der Waals surface area contributed by atoms with Crippen molar-refractivity contribution in [3.63, 3.8) is 0 Å². The minimum absolute atomic E-state index is 0.0642. The van der Waals surface area contributed by atoms with Crippen LogP contribution in [-0.4, -0.2) is 16.1 Å². The van der Waals surface area contributed by atoms with Crippen molar-refractivity contribution in [1.29, 1.82) is 0 Å². The van der Waals surface area contributed by atoms with Crippen molar-refractivity contribution in [3.05, 3.63) is 94.8 Å². The predicted octanol–water partition coefficient (Wildman–Crippen LogP) is 7.28. The molecule has 3 heterocycles. The van der Waals surface area contributed by atoms with E-state index in [4.69, 9.17) is 9.97 Å². The van der Waals surface area contributed by atoms with Crippen molar-refractivity contribution in [3.8, 4) is 11.1 Å². The van der Waals surface area contributed by atoms with Gasteiger partial charge in [-0.05, 0) is 84.8 Å². The van der Waals surface area contributed by atoms with Gasteiger partial charge in [0.25, 0.3) is 0 Å². The number of hydrogen-bond acceptors (Lipinski definition) is 4. The Morgan fingerprint density at radius 3 is 2.00 bits per heavy atom. The zero-order valence-corrected chi connectivity index (χ0v) is 20.7. The maximum absolute atomic E-state index is 4.85. The molecule has 0 bridgehead atoms. The topological polar surface area (TPSA) is 32.3 Å². The Hall–Kier alpha value is -3.66. The molecular formula is C30H30N4. The third kappa shape index (κ3) is 2.84. The summed E-state index contributed by atoms with van der Waals surface area (Å²) in [6.07, 6.45) is 3.67. The summed E-state index contributed by atoms with van der Waals surface area (Å²) in [4.78, 5) is 14.5. The highest BCUT2D eigenvalue weighted by Gasteiger charge is 2.54. The summed E-state index contributed by atoms with van der Waals surface area (Å²) >= 11 is 0. The van der Waals surface area contributed by atoms with Gasteiger partial charge in [-0.15, -0.1) is 0 Å². The molecule has 0 N–H and O–H groups in total. The molecule has 1 unspecified atom stereocenters. The van der Waals surface area contributed by atoms with Gasteiger partial charge in [-0.2, -0.15) is 0 Å². The number of aromatic nitrogens is 2. The highest BCUT2D eigenvalue weighted by atomic mass is 15.5. The highest BCUT2D eigenvalue weighted by Crippen LogP contribution is 2.58. The molecule has 0 radical (unpaired) electrons. The second kappa shape index (κ2) is 7.17. The molecule has 3 aromatic carbocycles. The van der Waals surface area contributed by atoms with Gasteiger partial charge < -0.3 is 9.80 Å². The van der Waals surface area contributed by atoms with Crippen LogP contribution in [0.1, 0.15) is 41.7 Å². The van der Waals surface area contributed by atoms with E-state index in [1.165, 1.54) is 50.3 Å². The van der Waals surface area contributed by atoms with Crippen LogP contribution < -0.4 is 9.80 Å². The Bertz CT molecular complexity index is 1410. The maximum atomic E-state index is 4.85. The number of benzene rings is 3. The van der Waals surface area contributed by atoms with E-state index in [9.17, 15) is 0 Å². The van der Waals surface area contributed by atoms with Crippen LogP contribution in [0.4, 0.5) is 23.0 Å². The molecule has 1 aromatic heterocycles. The van der Waals surface area contributed by atoms with Crippen LogP contribution in [-0.2, 0) is 5.41 Å². The molecular weight excluding hydrogens is 416 g/mol. The average Bonchev–Trinajstić information content (AvgIpc) is 3.24. The van der Waals surface area contributed by atoms with Gasteiger partial charge in [0.1, 0.15) is 6.17 Å². The van der Waals surface area contributed by atoms with Crippen LogP contribution in [0.25, 0.3) is 11.1 Å². The fourth-order valence-electron chi connectivity index (χ4n) is 6.10. The fraction of sp³-hybridized carbons (Fsp3) is 0.267. The summed E-state index contributed by atoms with van der Waals surface area (Å²) in [5, 5.41) is 0. The lowest BCUT2D eigenvalue weighted by Gasteiger charge is -2.36. The normalized spacial score (nSPS) is 17.5. The summed E-state index contributed by atoms with van der Waals surface area (Å²) in [5.41, 5.74) is 11.3. The van der Waals surface area contributed by atoms with Gasteiger partial charge in [0.05, 0.1) is 0 Å². The standard InChI is InChI=1S/C30H30N4/c1-18-14-19(2)16-23(15-18)33-27-28(32-13-12-31-27)34-25-17-22(26-20(3)8-7-9-21(26)4)10-11-24(25)30(5,6)29(33)34/h7-17,29H,1-6H3. The van der Waals surface area contributed by atoms with Crippen molar-refractivity contribution in [2.75, 3.05) is 9.80 Å². The smallest absolute Gasteiger partial charge is 0.178 e. The Morgan fingerprint density at radius 2 is 1.35 bits per heavy atom. The molecule has 4 nitrogen and oxygen atoms in total. The number of aryl methyl sites for hydroxylation is 4.